The summed E-state index contributed by atoms with van der Waals surface area (Å²) in [4.78, 5) is 29.5. The van der Waals surface area contributed by atoms with Gasteiger partial charge in [-0.2, -0.15) is 5.48 Å². The summed E-state index contributed by atoms with van der Waals surface area (Å²) < 4.78 is 0. The number of rotatable bonds is 4. The lowest BCUT2D eigenvalue weighted by atomic mass is 10.1. The average Bonchev–Trinajstić information content (AvgIpc) is 2.40. The van der Waals surface area contributed by atoms with E-state index in [4.69, 9.17) is 4.84 Å². The van der Waals surface area contributed by atoms with Crippen LogP contribution in [0.2, 0.25) is 0 Å². The molecule has 1 fully saturated rings. The second-order valence-corrected chi connectivity index (χ2v) is 3.87. The molecule has 2 amide bonds. The summed E-state index contributed by atoms with van der Waals surface area (Å²) in [6.07, 6.45) is 0. The van der Waals surface area contributed by atoms with Gasteiger partial charge in [0.1, 0.15) is 0 Å². The molecule has 1 saturated heterocycles. The summed E-state index contributed by atoms with van der Waals surface area (Å²) in [6.45, 7) is 1.42. The van der Waals surface area contributed by atoms with Crippen molar-refractivity contribution in [2.24, 2.45) is 0 Å². The lowest BCUT2D eigenvalue weighted by Gasteiger charge is -2.28. The monoisotopic (exact) mass is 249 g/mol. The van der Waals surface area contributed by atoms with Crippen molar-refractivity contribution in [1.29, 1.82) is 0 Å². The van der Waals surface area contributed by atoms with E-state index in [9.17, 15) is 9.59 Å². The van der Waals surface area contributed by atoms with E-state index in [0.29, 0.717) is 19.6 Å². The van der Waals surface area contributed by atoms with Crippen LogP contribution in [0.3, 0.4) is 0 Å². The van der Waals surface area contributed by atoms with Crippen molar-refractivity contribution >= 4 is 17.5 Å². The lowest BCUT2D eigenvalue weighted by molar-refractivity contribution is -0.138. The molecule has 1 aromatic carbocycles. The molecule has 0 unspecified atom stereocenters. The van der Waals surface area contributed by atoms with Gasteiger partial charge in [0.05, 0.1) is 7.11 Å². The first-order valence-corrected chi connectivity index (χ1v) is 5.67. The molecule has 0 aliphatic carbocycles. The molecule has 0 saturated carbocycles. The van der Waals surface area contributed by atoms with Crippen LogP contribution in [0.15, 0.2) is 24.3 Å². The minimum atomic E-state index is -0.559. The average molecular weight is 249 g/mol. The van der Waals surface area contributed by atoms with E-state index < -0.39 is 11.8 Å². The van der Waals surface area contributed by atoms with E-state index in [2.05, 4.69) is 10.8 Å². The molecule has 1 heterocycles. The van der Waals surface area contributed by atoms with Gasteiger partial charge in [-0.25, -0.2) is 0 Å². The number of hydrogen-bond acceptors (Lipinski definition) is 4. The normalized spacial score (nSPS) is 15.7. The second kappa shape index (κ2) is 5.61. The maximum atomic E-state index is 11.8. The number of carbonyl (C=O) groups excluding carboxylic acids is 2. The van der Waals surface area contributed by atoms with Crippen molar-refractivity contribution in [3.8, 4) is 0 Å². The minimum Gasteiger partial charge on any atom is -0.346 e. The van der Waals surface area contributed by atoms with Crippen LogP contribution in [0.25, 0.3) is 0 Å². The van der Waals surface area contributed by atoms with Gasteiger partial charge in [0.2, 0.25) is 0 Å². The number of hydrogen-bond donors (Lipinski definition) is 2. The number of piperazine rings is 1. The summed E-state index contributed by atoms with van der Waals surface area (Å²) in [5.41, 5.74) is 4.37. The molecule has 1 aliphatic rings. The summed E-state index contributed by atoms with van der Waals surface area (Å²) in [5, 5.41) is 2.52. The van der Waals surface area contributed by atoms with Crippen LogP contribution in [-0.2, 0) is 21.0 Å². The molecule has 1 aromatic rings. The van der Waals surface area contributed by atoms with Crippen molar-refractivity contribution in [3.05, 3.63) is 29.8 Å². The van der Waals surface area contributed by atoms with Crippen LogP contribution in [-0.4, -0.2) is 32.0 Å². The van der Waals surface area contributed by atoms with Crippen LogP contribution >= 0.6 is 0 Å². The first kappa shape index (κ1) is 12.5. The van der Waals surface area contributed by atoms with Gasteiger partial charge in [-0.3, -0.25) is 9.59 Å². The molecule has 6 heteroatoms. The van der Waals surface area contributed by atoms with Gasteiger partial charge in [0.15, 0.2) is 0 Å². The van der Waals surface area contributed by atoms with E-state index in [1.165, 1.54) is 12.0 Å². The third-order valence-corrected chi connectivity index (χ3v) is 2.75. The van der Waals surface area contributed by atoms with Gasteiger partial charge in [0, 0.05) is 25.3 Å². The van der Waals surface area contributed by atoms with Crippen molar-refractivity contribution in [3.63, 3.8) is 0 Å². The van der Waals surface area contributed by atoms with Gasteiger partial charge in [-0.05, 0) is 11.6 Å². The molecule has 0 spiro atoms. The van der Waals surface area contributed by atoms with Crippen LogP contribution in [0.5, 0.6) is 0 Å². The number of benzene rings is 1. The number of anilines is 1. The fraction of sp³-hybridized carbons (Fsp3) is 0.333. The summed E-state index contributed by atoms with van der Waals surface area (Å²) >= 11 is 0. The van der Waals surface area contributed by atoms with Crippen LogP contribution in [0, 0.1) is 0 Å². The molecule has 0 aromatic heterocycles. The molecular formula is C12H15N3O3. The zero-order valence-electron chi connectivity index (χ0n) is 10.1. The summed E-state index contributed by atoms with van der Waals surface area (Å²) in [6, 6.07) is 7.43. The number of para-hydroxylation sites is 1. The van der Waals surface area contributed by atoms with E-state index in [1.54, 1.807) is 0 Å². The van der Waals surface area contributed by atoms with Crippen LogP contribution < -0.4 is 15.7 Å². The van der Waals surface area contributed by atoms with Crippen molar-refractivity contribution in [2.45, 2.75) is 6.54 Å². The molecule has 2 N–H and O–H groups in total. The maximum Gasteiger partial charge on any atom is 0.316 e. The zero-order chi connectivity index (χ0) is 13.0. The highest BCUT2D eigenvalue weighted by Gasteiger charge is 2.28. The summed E-state index contributed by atoms with van der Waals surface area (Å²) in [7, 11) is 1.53. The first-order chi connectivity index (χ1) is 8.74. The van der Waals surface area contributed by atoms with E-state index in [0.717, 1.165) is 11.3 Å². The van der Waals surface area contributed by atoms with Gasteiger partial charge >= 0.3 is 11.8 Å². The van der Waals surface area contributed by atoms with Gasteiger partial charge < -0.3 is 15.1 Å². The standard InChI is InChI=1S/C12H15N3O3/c1-18-14-8-9-4-2-3-5-10(9)15-7-6-13-11(16)12(15)17/h2-5,14H,6-8H2,1H3,(H,13,16). The van der Waals surface area contributed by atoms with E-state index >= 15 is 0 Å². The molecular weight excluding hydrogens is 234 g/mol. The SMILES string of the molecule is CONCc1ccccc1N1CCNC(=O)C1=O. The predicted molar refractivity (Wildman–Crippen MR) is 65.7 cm³/mol. The lowest BCUT2D eigenvalue weighted by Crippen LogP contribution is -2.52. The third-order valence-electron chi connectivity index (χ3n) is 2.75. The number of amides is 2. The highest BCUT2D eigenvalue weighted by molar-refractivity contribution is 6.41. The van der Waals surface area contributed by atoms with Crippen LogP contribution in [0.4, 0.5) is 5.69 Å². The van der Waals surface area contributed by atoms with E-state index in [-0.39, 0.29) is 0 Å². The molecule has 6 nitrogen and oxygen atoms in total. The highest BCUT2D eigenvalue weighted by atomic mass is 16.6. The quantitative estimate of drug-likeness (QED) is 0.572. The Hall–Kier alpha value is -1.92. The number of nitrogens with zero attached hydrogens (tertiary/aromatic N) is 1. The maximum absolute atomic E-state index is 11.8. The Balaban J connectivity index is 2.26. The Morgan fingerprint density at radius 1 is 1.39 bits per heavy atom. The Morgan fingerprint density at radius 3 is 2.94 bits per heavy atom. The fourth-order valence-corrected chi connectivity index (χ4v) is 1.88. The van der Waals surface area contributed by atoms with Gasteiger partial charge in [-0.1, -0.05) is 18.2 Å². The molecule has 1 aliphatic heterocycles. The fourth-order valence-electron chi connectivity index (χ4n) is 1.88. The van der Waals surface area contributed by atoms with Crippen molar-refractivity contribution < 1.29 is 14.4 Å². The zero-order valence-corrected chi connectivity index (χ0v) is 10.1. The second-order valence-electron chi connectivity index (χ2n) is 3.87. The Kier molecular flexibility index (Phi) is 3.91. The molecule has 2 rings (SSSR count). The Bertz CT molecular complexity index is 462. The van der Waals surface area contributed by atoms with Gasteiger partial charge in [-0.15, -0.1) is 0 Å². The molecule has 96 valence electrons. The smallest absolute Gasteiger partial charge is 0.316 e. The number of hydroxylamine groups is 1. The molecule has 0 radical (unpaired) electrons. The van der Waals surface area contributed by atoms with Crippen molar-refractivity contribution in [1.82, 2.24) is 10.8 Å². The molecule has 0 bridgehead atoms. The summed E-state index contributed by atoms with van der Waals surface area (Å²) in [5.74, 6) is -1.08. The van der Waals surface area contributed by atoms with Gasteiger partial charge in [0.25, 0.3) is 0 Å². The highest BCUT2D eigenvalue weighted by Crippen LogP contribution is 2.21. The minimum absolute atomic E-state index is 0.469. The molecule has 0 atom stereocenters. The van der Waals surface area contributed by atoms with Crippen molar-refractivity contribution in [2.75, 3.05) is 25.1 Å². The predicted octanol–water partition coefficient (Wildman–Crippen LogP) is -0.200. The van der Waals surface area contributed by atoms with E-state index in [1.807, 2.05) is 24.3 Å². The third kappa shape index (κ3) is 2.49. The van der Waals surface area contributed by atoms with Crippen LogP contribution in [0.1, 0.15) is 5.56 Å². The largest absolute Gasteiger partial charge is 0.346 e. The number of carbonyl (C=O) groups is 2. The molecule has 18 heavy (non-hydrogen) atoms. The first-order valence-electron chi connectivity index (χ1n) is 5.67. The Morgan fingerprint density at radius 2 is 2.17 bits per heavy atom. The number of nitrogens with one attached hydrogen (secondary N) is 2. The Labute approximate surface area is 105 Å². The topological polar surface area (TPSA) is 70.7 Å².